The number of nitrogens with zero attached hydrogens (tertiary/aromatic N) is 2. The van der Waals surface area contributed by atoms with Gasteiger partial charge < -0.3 is 9.84 Å². The number of aromatic nitrogens is 2. The summed E-state index contributed by atoms with van der Waals surface area (Å²) in [4.78, 5) is 13.1. The molecule has 5 heteroatoms. The summed E-state index contributed by atoms with van der Waals surface area (Å²) in [5, 5.41) is 7.31. The van der Waals surface area contributed by atoms with Crippen LogP contribution in [0, 0.1) is 26.7 Å². The summed E-state index contributed by atoms with van der Waals surface area (Å²) in [5.41, 5.74) is 3.60. The Morgan fingerprint density at radius 2 is 1.85 bits per heavy atom. The molecule has 0 aliphatic rings. The third kappa shape index (κ3) is 4.13. The SMILES string of the molecule is Cc1cc(-n2c(C)cc(C(=O)NC(CC(C)C)c3ccccc3)c2C)no1. The molecule has 142 valence electrons. The van der Waals surface area contributed by atoms with Gasteiger partial charge in [0.1, 0.15) is 5.76 Å². The molecule has 3 aromatic rings. The van der Waals surface area contributed by atoms with E-state index in [1.165, 1.54) is 0 Å². The van der Waals surface area contributed by atoms with Crippen LogP contribution < -0.4 is 5.32 Å². The zero-order chi connectivity index (χ0) is 19.6. The smallest absolute Gasteiger partial charge is 0.253 e. The van der Waals surface area contributed by atoms with Crippen LogP contribution in [0.4, 0.5) is 0 Å². The number of hydrogen-bond acceptors (Lipinski definition) is 3. The first kappa shape index (κ1) is 19.0. The third-order valence-electron chi connectivity index (χ3n) is 4.73. The van der Waals surface area contributed by atoms with E-state index < -0.39 is 0 Å². The van der Waals surface area contributed by atoms with Gasteiger partial charge in [0, 0.05) is 17.5 Å². The fourth-order valence-corrected chi connectivity index (χ4v) is 3.47. The van der Waals surface area contributed by atoms with Crippen LogP contribution in [0.1, 0.15) is 59.4 Å². The van der Waals surface area contributed by atoms with Crippen molar-refractivity contribution >= 4 is 5.91 Å². The predicted octanol–water partition coefficient (Wildman–Crippen LogP) is 4.91. The van der Waals surface area contributed by atoms with Crippen LogP contribution in [0.5, 0.6) is 0 Å². The second-order valence-electron chi connectivity index (χ2n) is 7.48. The van der Waals surface area contributed by atoms with Gasteiger partial charge in [-0.3, -0.25) is 9.36 Å². The molecule has 0 saturated heterocycles. The van der Waals surface area contributed by atoms with E-state index in [0.717, 1.165) is 29.1 Å². The maximum absolute atomic E-state index is 13.1. The van der Waals surface area contributed by atoms with E-state index in [1.54, 1.807) is 0 Å². The summed E-state index contributed by atoms with van der Waals surface area (Å²) >= 11 is 0. The van der Waals surface area contributed by atoms with E-state index in [1.807, 2.05) is 55.7 Å². The standard InChI is InChI=1S/C22H27N3O2/c1-14(2)11-20(18-9-7-6-8-10-18)23-22(26)19-12-15(3)25(17(19)5)21-13-16(4)27-24-21/h6-10,12-14,20H,11H2,1-5H3,(H,23,26). The Labute approximate surface area is 160 Å². The summed E-state index contributed by atoms with van der Waals surface area (Å²) in [6.45, 7) is 10.1. The maximum Gasteiger partial charge on any atom is 0.253 e. The Morgan fingerprint density at radius 3 is 2.44 bits per heavy atom. The van der Waals surface area contributed by atoms with Crippen LogP contribution in [-0.4, -0.2) is 15.6 Å². The normalized spacial score (nSPS) is 12.4. The second kappa shape index (κ2) is 7.82. The monoisotopic (exact) mass is 365 g/mol. The number of hydrogen-bond donors (Lipinski definition) is 1. The lowest BCUT2D eigenvalue weighted by Gasteiger charge is -2.21. The number of amides is 1. The van der Waals surface area contributed by atoms with Gasteiger partial charge >= 0.3 is 0 Å². The molecule has 1 unspecified atom stereocenters. The van der Waals surface area contributed by atoms with Crippen molar-refractivity contribution in [2.75, 3.05) is 0 Å². The van der Waals surface area contributed by atoms with E-state index in [4.69, 9.17) is 4.52 Å². The molecule has 5 nitrogen and oxygen atoms in total. The van der Waals surface area contributed by atoms with Gasteiger partial charge in [-0.2, -0.15) is 0 Å². The first-order valence-corrected chi connectivity index (χ1v) is 9.35. The molecule has 1 N–H and O–H groups in total. The molecule has 0 fully saturated rings. The van der Waals surface area contributed by atoms with Gasteiger partial charge in [-0.05, 0) is 44.7 Å². The average Bonchev–Trinajstić information content (AvgIpc) is 3.17. The Bertz CT molecular complexity index is 922. The highest BCUT2D eigenvalue weighted by atomic mass is 16.5. The number of benzene rings is 1. The Kier molecular flexibility index (Phi) is 5.49. The Morgan fingerprint density at radius 1 is 1.15 bits per heavy atom. The summed E-state index contributed by atoms with van der Waals surface area (Å²) in [6, 6.07) is 13.9. The molecule has 3 rings (SSSR count). The largest absolute Gasteiger partial charge is 0.360 e. The molecule has 2 aromatic heterocycles. The first-order valence-electron chi connectivity index (χ1n) is 9.35. The highest BCUT2D eigenvalue weighted by Crippen LogP contribution is 2.24. The molecule has 0 bridgehead atoms. The van der Waals surface area contributed by atoms with Gasteiger partial charge in [0.05, 0.1) is 11.6 Å². The second-order valence-corrected chi connectivity index (χ2v) is 7.48. The molecule has 0 aliphatic carbocycles. The number of carbonyl (C=O) groups is 1. The summed E-state index contributed by atoms with van der Waals surface area (Å²) in [5.74, 6) is 1.85. The number of carbonyl (C=O) groups excluding carboxylic acids is 1. The highest BCUT2D eigenvalue weighted by molar-refractivity contribution is 5.96. The van der Waals surface area contributed by atoms with Crippen molar-refractivity contribution < 1.29 is 9.32 Å². The molecule has 0 spiro atoms. The van der Waals surface area contributed by atoms with Crippen LogP contribution in [0.2, 0.25) is 0 Å². The summed E-state index contributed by atoms with van der Waals surface area (Å²) < 4.78 is 7.14. The average molecular weight is 365 g/mol. The van der Waals surface area contributed by atoms with Gasteiger partial charge in [-0.15, -0.1) is 0 Å². The van der Waals surface area contributed by atoms with Crippen molar-refractivity contribution in [3.63, 3.8) is 0 Å². The quantitative estimate of drug-likeness (QED) is 0.675. The van der Waals surface area contributed by atoms with Crippen LogP contribution in [-0.2, 0) is 0 Å². The third-order valence-corrected chi connectivity index (χ3v) is 4.73. The van der Waals surface area contributed by atoms with E-state index in [2.05, 4.69) is 36.5 Å². The minimum absolute atomic E-state index is 0.0175. The fraction of sp³-hybridized carbons (Fsp3) is 0.364. The number of rotatable bonds is 6. The summed E-state index contributed by atoms with van der Waals surface area (Å²) in [6.07, 6.45) is 0.886. The minimum atomic E-state index is -0.0657. The lowest BCUT2D eigenvalue weighted by molar-refractivity contribution is 0.0931. The van der Waals surface area contributed by atoms with Crippen molar-refractivity contribution in [2.45, 2.75) is 47.1 Å². The molecular formula is C22H27N3O2. The molecule has 0 radical (unpaired) electrons. The molecule has 1 amide bonds. The van der Waals surface area contributed by atoms with Gasteiger partial charge in [-0.1, -0.05) is 49.3 Å². The molecule has 27 heavy (non-hydrogen) atoms. The fourth-order valence-electron chi connectivity index (χ4n) is 3.47. The van der Waals surface area contributed by atoms with E-state index in [-0.39, 0.29) is 11.9 Å². The molecule has 0 aliphatic heterocycles. The molecule has 0 saturated carbocycles. The van der Waals surface area contributed by atoms with E-state index in [9.17, 15) is 4.79 Å². The molecular weight excluding hydrogens is 338 g/mol. The molecule has 1 atom stereocenters. The molecule has 1 aromatic carbocycles. The van der Waals surface area contributed by atoms with Crippen LogP contribution >= 0.6 is 0 Å². The van der Waals surface area contributed by atoms with Crippen molar-refractivity contribution in [3.05, 3.63) is 70.7 Å². The zero-order valence-electron chi connectivity index (χ0n) is 16.6. The highest BCUT2D eigenvalue weighted by Gasteiger charge is 2.22. The zero-order valence-corrected chi connectivity index (χ0v) is 16.6. The summed E-state index contributed by atoms with van der Waals surface area (Å²) in [7, 11) is 0. The van der Waals surface area contributed by atoms with Gasteiger partial charge in [0.15, 0.2) is 5.82 Å². The Hall–Kier alpha value is -2.82. The lowest BCUT2D eigenvalue weighted by atomic mass is 9.96. The first-order chi connectivity index (χ1) is 12.9. The maximum atomic E-state index is 13.1. The lowest BCUT2D eigenvalue weighted by Crippen LogP contribution is -2.29. The van der Waals surface area contributed by atoms with Crippen molar-refractivity contribution in [3.8, 4) is 5.82 Å². The van der Waals surface area contributed by atoms with Gasteiger partial charge in [0.25, 0.3) is 5.91 Å². The van der Waals surface area contributed by atoms with E-state index >= 15 is 0 Å². The molecule has 2 heterocycles. The van der Waals surface area contributed by atoms with Crippen molar-refractivity contribution in [1.29, 1.82) is 0 Å². The number of aryl methyl sites for hydroxylation is 2. The van der Waals surface area contributed by atoms with Gasteiger partial charge in [-0.25, -0.2) is 0 Å². The number of nitrogens with one attached hydrogen (secondary N) is 1. The van der Waals surface area contributed by atoms with Crippen molar-refractivity contribution in [2.24, 2.45) is 5.92 Å². The van der Waals surface area contributed by atoms with E-state index in [0.29, 0.717) is 17.3 Å². The Balaban J connectivity index is 1.89. The topological polar surface area (TPSA) is 60.1 Å². The van der Waals surface area contributed by atoms with Gasteiger partial charge in [0.2, 0.25) is 0 Å². The van der Waals surface area contributed by atoms with Crippen LogP contribution in [0.15, 0.2) is 47.0 Å². The van der Waals surface area contributed by atoms with Crippen LogP contribution in [0.3, 0.4) is 0 Å². The van der Waals surface area contributed by atoms with Crippen LogP contribution in [0.25, 0.3) is 5.82 Å². The van der Waals surface area contributed by atoms with Crippen molar-refractivity contribution in [1.82, 2.24) is 15.0 Å². The predicted molar refractivity (Wildman–Crippen MR) is 106 cm³/mol. The minimum Gasteiger partial charge on any atom is -0.360 e.